The Kier molecular flexibility index (Phi) is 6.54. The van der Waals surface area contributed by atoms with Crippen LogP contribution in [0.4, 0.5) is 0 Å². The van der Waals surface area contributed by atoms with Gasteiger partial charge in [0.25, 0.3) is 0 Å². The van der Waals surface area contributed by atoms with E-state index in [0.29, 0.717) is 32.6 Å². The summed E-state index contributed by atoms with van der Waals surface area (Å²) >= 11 is 0. The van der Waals surface area contributed by atoms with E-state index in [4.69, 9.17) is 11.2 Å². The van der Waals surface area contributed by atoms with Gasteiger partial charge in [-0.25, -0.2) is 0 Å². The average molecular weight is 231 g/mol. The molecular formula is C14H17NO2. The Balaban J connectivity index is 2.02. The van der Waals surface area contributed by atoms with Crippen molar-refractivity contribution in [1.29, 1.82) is 0 Å². The van der Waals surface area contributed by atoms with E-state index >= 15 is 0 Å². The first-order valence-corrected chi connectivity index (χ1v) is 5.65. The molecule has 0 unspecified atom stereocenters. The molecule has 0 fully saturated rings. The van der Waals surface area contributed by atoms with Crippen LogP contribution in [-0.2, 0) is 16.1 Å². The van der Waals surface area contributed by atoms with Crippen molar-refractivity contribution >= 4 is 5.91 Å². The smallest absolute Gasteiger partial charge is 0.220 e. The molecule has 1 amide bonds. The number of carbonyl (C=O) groups excluding carboxylic acids is 1. The number of hydrogen-bond donors (Lipinski definition) is 1. The van der Waals surface area contributed by atoms with Crippen LogP contribution in [-0.4, -0.2) is 19.1 Å². The third kappa shape index (κ3) is 6.39. The van der Waals surface area contributed by atoms with Crippen LogP contribution >= 0.6 is 0 Å². The minimum atomic E-state index is -0.0220. The molecule has 0 radical (unpaired) electrons. The van der Waals surface area contributed by atoms with Gasteiger partial charge in [-0.05, 0) is 12.0 Å². The third-order valence-corrected chi connectivity index (χ3v) is 2.19. The van der Waals surface area contributed by atoms with E-state index in [0.717, 1.165) is 5.56 Å². The van der Waals surface area contributed by atoms with Gasteiger partial charge in [0.2, 0.25) is 5.91 Å². The lowest BCUT2D eigenvalue weighted by atomic mass is 10.2. The molecule has 3 nitrogen and oxygen atoms in total. The van der Waals surface area contributed by atoms with Crippen LogP contribution in [0.2, 0.25) is 0 Å². The molecule has 0 bridgehead atoms. The molecule has 1 aromatic rings. The van der Waals surface area contributed by atoms with Crippen molar-refractivity contribution in [1.82, 2.24) is 5.32 Å². The van der Waals surface area contributed by atoms with Crippen molar-refractivity contribution in [3.05, 3.63) is 35.9 Å². The summed E-state index contributed by atoms with van der Waals surface area (Å²) in [6.07, 6.45) is 6.19. The fourth-order valence-electron chi connectivity index (χ4n) is 1.34. The maximum absolute atomic E-state index is 11.2. The molecule has 1 N–H and O–H groups in total. The lowest BCUT2D eigenvalue weighted by Gasteiger charge is -2.04. The number of ether oxygens (including phenoxy) is 1. The van der Waals surface area contributed by atoms with Crippen LogP contribution in [0.1, 0.15) is 18.4 Å². The first kappa shape index (κ1) is 13.3. The van der Waals surface area contributed by atoms with E-state index in [-0.39, 0.29) is 5.91 Å². The SMILES string of the molecule is C#CCNC(=O)CCCOCc1ccccc1. The molecule has 1 aromatic carbocycles. The van der Waals surface area contributed by atoms with Crippen molar-refractivity contribution < 1.29 is 9.53 Å². The zero-order valence-electron chi connectivity index (χ0n) is 9.82. The fourth-order valence-corrected chi connectivity index (χ4v) is 1.34. The summed E-state index contributed by atoms with van der Waals surface area (Å²) in [5.41, 5.74) is 1.14. The van der Waals surface area contributed by atoms with Crippen molar-refractivity contribution in [3.63, 3.8) is 0 Å². The van der Waals surface area contributed by atoms with E-state index in [1.807, 2.05) is 30.3 Å². The molecule has 0 heterocycles. The summed E-state index contributed by atoms with van der Waals surface area (Å²) in [5, 5.41) is 2.61. The van der Waals surface area contributed by atoms with Gasteiger partial charge in [-0.1, -0.05) is 36.3 Å². The number of terminal acetylenes is 1. The molecule has 0 atom stereocenters. The maximum Gasteiger partial charge on any atom is 0.220 e. The first-order chi connectivity index (χ1) is 8.33. The number of amides is 1. The fraction of sp³-hybridized carbons (Fsp3) is 0.357. The second-order valence-electron chi connectivity index (χ2n) is 3.62. The lowest BCUT2D eigenvalue weighted by Crippen LogP contribution is -2.23. The second-order valence-corrected chi connectivity index (χ2v) is 3.62. The predicted molar refractivity (Wildman–Crippen MR) is 67.2 cm³/mol. The highest BCUT2D eigenvalue weighted by Crippen LogP contribution is 2.01. The van der Waals surface area contributed by atoms with Gasteiger partial charge < -0.3 is 10.1 Å². The molecule has 0 aromatic heterocycles. The summed E-state index contributed by atoms with van der Waals surface area (Å²) in [4.78, 5) is 11.2. The van der Waals surface area contributed by atoms with Gasteiger partial charge in [0.1, 0.15) is 0 Å². The van der Waals surface area contributed by atoms with Crippen LogP contribution in [0.15, 0.2) is 30.3 Å². The Labute approximate surface area is 102 Å². The second kappa shape index (κ2) is 8.37. The van der Waals surface area contributed by atoms with Crippen LogP contribution in [0.25, 0.3) is 0 Å². The quantitative estimate of drug-likeness (QED) is 0.573. The Morgan fingerprint density at radius 3 is 2.82 bits per heavy atom. The Bertz CT molecular complexity index is 368. The summed E-state index contributed by atoms with van der Waals surface area (Å²) in [7, 11) is 0. The van der Waals surface area contributed by atoms with Gasteiger partial charge in [-0.2, -0.15) is 0 Å². The molecule has 0 aliphatic rings. The lowest BCUT2D eigenvalue weighted by molar-refractivity contribution is -0.121. The summed E-state index contributed by atoms with van der Waals surface area (Å²) in [5.74, 6) is 2.34. The number of carbonyl (C=O) groups is 1. The monoisotopic (exact) mass is 231 g/mol. The molecule has 0 saturated heterocycles. The van der Waals surface area contributed by atoms with Crippen LogP contribution < -0.4 is 5.32 Å². The minimum absolute atomic E-state index is 0.0220. The van der Waals surface area contributed by atoms with Crippen molar-refractivity contribution in [2.45, 2.75) is 19.4 Å². The van der Waals surface area contributed by atoms with Gasteiger partial charge in [-0.3, -0.25) is 4.79 Å². The normalized spacial score (nSPS) is 9.59. The molecule has 3 heteroatoms. The molecule has 1 rings (SSSR count). The minimum Gasteiger partial charge on any atom is -0.377 e. The number of rotatable bonds is 7. The largest absolute Gasteiger partial charge is 0.377 e. The van der Waals surface area contributed by atoms with Gasteiger partial charge in [0.15, 0.2) is 0 Å². The van der Waals surface area contributed by atoms with Gasteiger partial charge >= 0.3 is 0 Å². The van der Waals surface area contributed by atoms with Gasteiger partial charge in [0.05, 0.1) is 13.2 Å². The molecular weight excluding hydrogens is 214 g/mol. The Morgan fingerprint density at radius 1 is 1.35 bits per heavy atom. The Morgan fingerprint density at radius 2 is 2.12 bits per heavy atom. The van der Waals surface area contributed by atoms with Crippen LogP contribution in [0.5, 0.6) is 0 Å². The van der Waals surface area contributed by atoms with Crippen molar-refractivity contribution in [2.75, 3.05) is 13.2 Å². The van der Waals surface area contributed by atoms with Crippen molar-refractivity contribution in [3.8, 4) is 12.3 Å². The molecule has 17 heavy (non-hydrogen) atoms. The highest BCUT2D eigenvalue weighted by atomic mass is 16.5. The average Bonchev–Trinajstić information content (AvgIpc) is 2.37. The molecule has 0 saturated carbocycles. The predicted octanol–water partition coefficient (Wildman–Crippen LogP) is 1.73. The zero-order chi connectivity index (χ0) is 12.3. The van der Waals surface area contributed by atoms with E-state index in [2.05, 4.69) is 11.2 Å². The Hall–Kier alpha value is -1.79. The molecule has 90 valence electrons. The molecule has 0 spiro atoms. The van der Waals surface area contributed by atoms with E-state index in [1.165, 1.54) is 0 Å². The number of nitrogens with one attached hydrogen (secondary N) is 1. The summed E-state index contributed by atoms with van der Waals surface area (Å²) < 4.78 is 5.45. The first-order valence-electron chi connectivity index (χ1n) is 5.65. The number of benzene rings is 1. The third-order valence-electron chi connectivity index (χ3n) is 2.19. The standard InChI is InChI=1S/C14H17NO2/c1-2-10-15-14(16)9-6-11-17-12-13-7-4-3-5-8-13/h1,3-5,7-8H,6,9-12H2,(H,15,16). The molecule has 0 aliphatic heterocycles. The zero-order valence-corrected chi connectivity index (χ0v) is 9.82. The summed E-state index contributed by atoms with van der Waals surface area (Å²) in [6, 6.07) is 9.95. The van der Waals surface area contributed by atoms with Crippen LogP contribution in [0, 0.1) is 12.3 Å². The number of hydrogen-bond acceptors (Lipinski definition) is 2. The van der Waals surface area contributed by atoms with Gasteiger partial charge in [-0.15, -0.1) is 6.42 Å². The van der Waals surface area contributed by atoms with Crippen molar-refractivity contribution in [2.24, 2.45) is 0 Å². The highest BCUT2D eigenvalue weighted by molar-refractivity contribution is 5.76. The summed E-state index contributed by atoms with van der Waals surface area (Å²) in [6.45, 7) is 1.47. The van der Waals surface area contributed by atoms with E-state index in [1.54, 1.807) is 0 Å². The van der Waals surface area contributed by atoms with Crippen LogP contribution in [0.3, 0.4) is 0 Å². The van der Waals surface area contributed by atoms with Gasteiger partial charge in [0, 0.05) is 13.0 Å². The van der Waals surface area contributed by atoms with E-state index < -0.39 is 0 Å². The topological polar surface area (TPSA) is 38.3 Å². The van der Waals surface area contributed by atoms with E-state index in [9.17, 15) is 4.79 Å². The maximum atomic E-state index is 11.2. The molecule has 0 aliphatic carbocycles. The highest BCUT2D eigenvalue weighted by Gasteiger charge is 1.99.